The lowest BCUT2D eigenvalue weighted by Gasteiger charge is -2.24. The Morgan fingerprint density at radius 3 is 2.54 bits per heavy atom. The van der Waals surface area contributed by atoms with Gasteiger partial charge >= 0.3 is 0 Å². The fraction of sp³-hybridized carbons (Fsp3) is 0.875. The van der Waals surface area contributed by atoms with Gasteiger partial charge in [0.05, 0.1) is 12.1 Å². The first-order valence-corrected chi connectivity index (χ1v) is 4.31. The summed E-state index contributed by atoms with van der Waals surface area (Å²) in [5.74, 6) is -0.126. The third-order valence-corrected chi connectivity index (χ3v) is 1.85. The van der Waals surface area contributed by atoms with E-state index in [0.717, 1.165) is 0 Å². The van der Waals surface area contributed by atoms with Crippen molar-refractivity contribution in [2.24, 2.45) is 0 Å². The van der Waals surface area contributed by atoms with Crippen LogP contribution in [0.25, 0.3) is 0 Å². The number of nitrogens with one attached hydrogen (secondary N) is 2. The second-order valence-corrected chi connectivity index (χ2v) is 3.16. The van der Waals surface area contributed by atoms with Crippen LogP contribution in [0.3, 0.4) is 0 Å². The lowest BCUT2D eigenvalue weighted by molar-refractivity contribution is -0.120. The molecule has 0 saturated heterocycles. The van der Waals surface area contributed by atoms with Crippen LogP contribution in [0, 0.1) is 0 Å². The lowest BCUT2D eigenvalue weighted by Crippen LogP contribution is -2.47. The van der Waals surface area contributed by atoms with Crippen LogP contribution in [-0.2, 0) is 4.79 Å². The van der Waals surface area contributed by atoms with E-state index in [2.05, 4.69) is 10.7 Å². The number of rotatable bonds is 5. The fourth-order valence-corrected chi connectivity index (χ4v) is 0.947. The Morgan fingerprint density at radius 2 is 2.15 bits per heavy atom. The van der Waals surface area contributed by atoms with Crippen LogP contribution < -0.4 is 10.7 Å². The lowest BCUT2D eigenvalue weighted by atomic mass is 10.2. The number of aliphatic hydroxyl groups excluding tert-OH is 1. The predicted molar refractivity (Wildman–Crippen MR) is 51.0 cm³/mol. The van der Waals surface area contributed by atoms with Crippen molar-refractivity contribution in [2.45, 2.75) is 26.0 Å². The number of carbonyl (C=O) groups excluding carboxylic acids is 1. The topological polar surface area (TPSA) is 64.6 Å². The molecule has 0 aliphatic rings. The molecule has 2 unspecified atom stereocenters. The first kappa shape index (κ1) is 12.3. The van der Waals surface area contributed by atoms with Crippen molar-refractivity contribution < 1.29 is 9.90 Å². The quantitative estimate of drug-likeness (QED) is 0.482. The van der Waals surface area contributed by atoms with Crippen molar-refractivity contribution in [3.8, 4) is 0 Å². The Balaban J connectivity index is 3.81. The molecule has 1 amide bonds. The Kier molecular flexibility index (Phi) is 5.61. The maximum atomic E-state index is 10.7. The minimum absolute atomic E-state index is 0.126. The molecule has 5 nitrogen and oxygen atoms in total. The van der Waals surface area contributed by atoms with Crippen molar-refractivity contribution in [3.05, 3.63) is 0 Å². The van der Waals surface area contributed by atoms with Crippen LogP contribution in [-0.4, -0.2) is 48.8 Å². The minimum atomic E-state index is -0.568. The number of hydrogen-bond donors (Lipinski definition) is 3. The van der Waals surface area contributed by atoms with E-state index in [1.54, 1.807) is 19.0 Å². The molecular formula is C8H19N3O2. The molecule has 0 bridgehead atoms. The summed E-state index contributed by atoms with van der Waals surface area (Å²) < 4.78 is 0. The summed E-state index contributed by atoms with van der Waals surface area (Å²) in [4.78, 5) is 10.7. The highest BCUT2D eigenvalue weighted by atomic mass is 16.3. The Bertz CT molecular complexity index is 163. The second kappa shape index (κ2) is 5.90. The first-order valence-electron chi connectivity index (χ1n) is 4.31. The molecule has 0 aliphatic heterocycles. The van der Waals surface area contributed by atoms with Crippen molar-refractivity contribution in [1.82, 2.24) is 15.8 Å². The largest absolute Gasteiger partial charge is 0.390 e. The van der Waals surface area contributed by atoms with Gasteiger partial charge in [-0.05, 0) is 14.0 Å². The van der Waals surface area contributed by atoms with Gasteiger partial charge < -0.3 is 10.4 Å². The fourth-order valence-electron chi connectivity index (χ4n) is 0.947. The number of carbonyl (C=O) groups is 1. The molecule has 0 aromatic carbocycles. The van der Waals surface area contributed by atoms with Crippen molar-refractivity contribution in [1.29, 1.82) is 0 Å². The molecule has 13 heavy (non-hydrogen) atoms. The maximum Gasteiger partial charge on any atom is 0.217 e. The van der Waals surface area contributed by atoms with E-state index in [-0.39, 0.29) is 11.9 Å². The smallest absolute Gasteiger partial charge is 0.217 e. The molecule has 0 aliphatic carbocycles. The normalized spacial score (nSPS) is 15.5. The van der Waals surface area contributed by atoms with E-state index in [9.17, 15) is 9.90 Å². The molecule has 78 valence electrons. The molecule has 2 atom stereocenters. The number of likely N-dealkylation sites (N-methyl/N-ethyl adjacent to an activating group) is 1. The van der Waals surface area contributed by atoms with Gasteiger partial charge in [-0.2, -0.15) is 0 Å². The van der Waals surface area contributed by atoms with Crippen LogP contribution in [0.1, 0.15) is 13.8 Å². The number of hydrogen-bond acceptors (Lipinski definition) is 4. The van der Waals surface area contributed by atoms with E-state index >= 15 is 0 Å². The summed E-state index contributed by atoms with van der Waals surface area (Å²) in [7, 11) is 3.60. The molecule has 0 heterocycles. The molecule has 0 fully saturated rings. The summed E-state index contributed by atoms with van der Waals surface area (Å²) in [5, 5.41) is 14.0. The summed E-state index contributed by atoms with van der Waals surface area (Å²) in [6, 6.07) is -0.228. The number of nitrogens with zero attached hydrogens (tertiary/aromatic N) is 1. The zero-order valence-electron chi connectivity index (χ0n) is 8.66. The third kappa shape index (κ3) is 5.57. The molecule has 0 spiro atoms. The van der Waals surface area contributed by atoms with Crippen molar-refractivity contribution in [3.63, 3.8) is 0 Å². The molecular weight excluding hydrogens is 170 g/mol. The molecule has 5 heteroatoms. The number of amides is 1. The molecule has 0 aromatic rings. The van der Waals surface area contributed by atoms with E-state index in [1.165, 1.54) is 6.92 Å². The zero-order chi connectivity index (χ0) is 10.4. The van der Waals surface area contributed by atoms with Crippen LogP contribution in [0.2, 0.25) is 0 Å². The maximum absolute atomic E-state index is 10.7. The van der Waals surface area contributed by atoms with Gasteiger partial charge in [0.25, 0.3) is 0 Å². The highest BCUT2D eigenvalue weighted by Crippen LogP contribution is 1.93. The van der Waals surface area contributed by atoms with Gasteiger partial charge in [0.2, 0.25) is 5.91 Å². The van der Waals surface area contributed by atoms with Gasteiger partial charge in [0.1, 0.15) is 0 Å². The standard InChI is InChI=1S/C8H19N3O2/c1-6(10-7(2)12)8(13)5-11(4)9-3/h6,8-9,13H,5H2,1-4H3,(H,10,12). The monoisotopic (exact) mass is 189 g/mol. The summed E-state index contributed by atoms with van der Waals surface area (Å²) in [5.41, 5.74) is 2.86. The second-order valence-electron chi connectivity index (χ2n) is 3.16. The van der Waals surface area contributed by atoms with Gasteiger partial charge in [-0.15, -0.1) is 0 Å². The van der Waals surface area contributed by atoms with E-state index in [4.69, 9.17) is 0 Å². The molecule has 0 saturated carbocycles. The van der Waals surface area contributed by atoms with Crippen LogP contribution >= 0.6 is 0 Å². The summed E-state index contributed by atoms with van der Waals surface area (Å²) in [6.45, 7) is 3.68. The van der Waals surface area contributed by atoms with Gasteiger partial charge in [-0.25, -0.2) is 5.01 Å². The van der Waals surface area contributed by atoms with Gasteiger partial charge in [-0.3, -0.25) is 10.2 Å². The molecule has 0 radical (unpaired) electrons. The average molecular weight is 189 g/mol. The van der Waals surface area contributed by atoms with Gasteiger partial charge in [0.15, 0.2) is 0 Å². The van der Waals surface area contributed by atoms with Gasteiger partial charge in [0, 0.05) is 20.5 Å². The Hall–Kier alpha value is -0.650. The minimum Gasteiger partial charge on any atom is -0.390 e. The molecule has 0 rings (SSSR count). The summed E-state index contributed by atoms with van der Waals surface area (Å²) >= 11 is 0. The highest BCUT2D eigenvalue weighted by molar-refractivity contribution is 5.73. The SMILES string of the molecule is CNN(C)CC(O)C(C)NC(C)=O. The van der Waals surface area contributed by atoms with Gasteiger partial charge in [-0.1, -0.05) is 0 Å². The van der Waals surface area contributed by atoms with E-state index in [0.29, 0.717) is 6.54 Å². The molecule has 3 N–H and O–H groups in total. The Morgan fingerprint density at radius 1 is 1.62 bits per heavy atom. The predicted octanol–water partition coefficient (Wildman–Crippen LogP) is -1.06. The zero-order valence-corrected chi connectivity index (χ0v) is 8.66. The highest BCUT2D eigenvalue weighted by Gasteiger charge is 2.15. The van der Waals surface area contributed by atoms with E-state index in [1.807, 2.05) is 7.05 Å². The van der Waals surface area contributed by atoms with Crippen LogP contribution in [0.5, 0.6) is 0 Å². The number of aliphatic hydroxyl groups is 1. The molecule has 0 aromatic heterocycles. The Labute approximate surface area is 79.1 Å². The van der Waals surface area contributed by atoms with Crippen molar-refractivity contribution >= 4 is 5.91 Å². The van der Waals surface area contributed by atoms with E-state index < -0.39 is 6.10 Å². The summed E-state index contributed by atoms with van der Waals surface area (Å²) in [6.07, 6.45) is -0.568. The average Bonchev–Trinajstić information content (AvgIpc) is 2.02. The number of hydrazine groups is 1. The third-order valence-electron chi connectivity index (χ3n) is 1.85. The van der Waals surface area contributed by atoms with Crippen molar-refractivity contribution in [2.75, 3.05) is 20.6 Å². The van der Waals surface area contributed by atoms with Crippen LogP contribution in [0.4, 0.5) is 0 Å². The van der Waals surface area contributed by atoms with Crippen LogP contribution in [0.15, 0.2) is 0 Å². The first-order chi connectivity index (χ1) is 5.97.